The standard InChI is InChI=1S/C5H3NOS/c7-5-4(8)2-1-3-6-5/h1-3H. The van der Waals surface area contributed by atoms with Gasteiger partial charge in [-0.05, 0) is 12.2 Å². The molecule has 0 bridgehead atoms. The molecule has 1 amide bonds. The molecule has 2 nitrogen and oxygen atoms in total. The molecule has 1 aliphatic heterocycles. The Morgan fingerprint density at radius 3 is 2.75 bits per heavy atom. The number of amides is 1. The van der Waals surface area contributed by atoms with Crippen LogP contribution in [0, 0.1) is 0 Å². The van der Waals surface area contributed by atoms with E-state index in [1.165, 1.54) is 6.21 Å². The zero-order valence-electron chi connectivity index (χ0n) is 4.00. The number of carbonyl (C=O) groups is 1. The van der Waals surface area contributed by atoms with Crippen LogP contribution in [0.1, 0.15) is 0 Å². The molecule has 1 rings (SSSR count). The fourth-order valence-corrected chi connectivity index (χ4v) is 0.507. The van der Waals surface area contributed by atoms with Crippen LogP contribution in [-0.2, 0) is 4.79 Å². The molecule has 1 aliphatic rings. The summed E-state index contributed by atoms with van der Waals surface area (Å²) >= 11 is 4.58. The molecule has 0 unspecified atom stereocenters. The van der Waals surface area contributed by atoms with Crippen LogP contribution in [-0.4, -0.2) is 17.0 Å². The Balaban J connectivity index is 2.89. The minimum atomic E-state index is -0.317. The second kappa shape index (κ2) is 1.96. The molecule has 0 saturated heterocycles. The van der Waals surface area contributed by atoms with Gasteiger partial charge in [0.15, 0.2) is 0 Å². The van der Waals surface area contributed by atoms with Crippen molar-refractivity contribution in [2.24, 2.45) is 4.99 Å². The van der Waals surface area contributed by atoms with E-state index in [9.17, 15) is 4.79 Å². The van der Waals surface area contributed by atoms with Gasteiger partial charge in [0.1, 0.15) is 4.86 Å². The van der Waals surface area contributed by atoms with Crippen molar-refractivity contribution < 1.29 is 4.79 Å². The van der Waals surface area contributed by atoms with Gasteiger partial charge in [0.25, 0.3) is 5.91 Å². The smallest absolute Gasteiger partial charge is 0.266 e. The monoisotopic (exact) mass is 125 g/mol. The van der Waals surface area contributed by atoms with E-state index in [-0.39, 0.29) is 10.8 Å². The molecular formula is C5H3NOS. The first-order chi connectivity index (χ1) is 3.80. The Hall–Kier alpha value is -0.830. The Kier molecular flexibility index (Phi) is 1.30. The van der Waals surface area contributed by atoms with Crippen LogP contribution in [0.4, 0.5) is 0 Å². The third-order valence-electron chi connectivity index (χ3n) is 0.736. The summed E-state index contributed by atoms with van der Waals surface area (Å²) in [7, 11) is 0. The third kappa shape index (κ3) is 0.869. The molecule has 3 heteroatoms. The van der Waals surface area contributed by atoms with E-state index in [1.807, 2.05) is 0 Å². The fraction of sp³-hybridized carbons (Fsp3) is 0. The second-order valence-corrected chi connectivity index (χ2v) is 1.75. The Labute approximate surface area is 51.9 Å². The maximum atomic E-state index is 10.4. The zero-order chi connectivity index (χ0) is 5.98. The van der Waals surface area contributed by atoms with Gasteiger partial charge in [-0.15, -0.1) is 0 Å². The average molecular weight is 125 g/mol. The molecule has 0 saturated carbocycles. The molecule has 40 valence electrons. The van der Waals surface area contributed by atoms with E-state index < -0.39 is 0 Å². The van der Waals surface area contributed by atoms with E-state index in [4.69, 9.17) is 0 Å². The summed E-state index contributed by atoms with van der Waals surface area (Å²) in [6, 6.07) is 0. The highest BCUT2D eigenvalue weighted by Crippen LogP contribution is 1.90. The first-order valence-corrected chi connectivity index (χ1v) is 2.50. The lowest BCUT2D eigenvalue weighted by Gasteiger charge is -1.91. The molecule has 0 aromatic heterocycles. The van der Waals surface area contributed by atoms with Crippen LogP contribution in [0.3, 0.4) is 0 Å². The molecule has 0 radical (unpaired) electrons. The van der Waals surface area contributed by atoms with Crippen LogP contribution in [0.15, 0.2) is 17.1 Å². The van der Waals surface area contributed by atoms with Gasteiger partial charge in [0.05, 0.1) is 0 Å². The summed E-state index contributed by atoms with van der Waals surface area (Å²) in [5.41, 5.74) is 0. The van der Waals surface area contributed by atoms with Crippen molar-refractivity contribution in [1.82, 2.24) is 0 Å². The topological polar surface area (TPSA) is 29.4 Å². The van der Waals surface area contributed by atoms with E-state index in [2.05, 4.69) is 17.2 Å². The Morgan fingerprint density at radius 1 is 1.62 bits per heavy atom. The Bertz CT molecular complexity index is 171. The van der Waals surface area contributed by atoms with Crippen molar-refractivity contribution in [3.05, 3.63) is 12.2 Å². The van der Waals surface area contributed by atoms with Crippen LogP contribution < -0.4 is 0 Å². The van der Waals surface area contributed by atoms with Crippen molar-refractivity contribution in [3.63, 3.8) is 0 Å². The highest BCUT2D eigenvalue weighted by Gasteiger charge is 2.03. The van der Waals surface area contributed by atoms with Crippen LogP contribution in [0.5, 0.6) is 0 Å². The van der Waals surface area contributed by atoms with Crippen molar-refractivity contribution in [1.29, 1.82) is 0 Å². The second-order valence-electron chi connectivity index (χ2n) is 1.31. The highest BCUT2D eigenvalue weighted by atomic mass is 32.1. The van der Waals surface area contributed by atoms with E-state index >= 15 is 0 Å². The number of thiocarbonyl (C=S) groups is 1. The molecule has 0 fully saturated rings. The predicted molar refractivity (Wildman–Crippen MR) is 35.2 cm³/mol. The molecule has 0 atom stereocenters. The minimum Gasteiger partial charge on any atom is -0.266 e. The third-order valence-corrected chi connectivity index (χ3v) is 1.05. The van der Waals surface area contributed by atoms with Crippen molar-refractivity contribution in [3.8, 4) is 0 Å². The number of dihydropyridines is 1. The normalized spacial score (nSPS) is 17.5. The fourth-order valence-electron chi connectivity index (χ4n) is 0.376. The number of hydrogen-bond donors (Lipinski definition) is 0. The number of aliphatic imine (C=N–C) groups is 1. The summed E-state index contributed by atoms with van der Waals surface area (Å²) in [4.78, 5) is 14.1. The molecule has 0 N–H and O–H groups in total. The van der Waals surface area contributed by atoms with Gasteiger partial charge in [-0.25, -0.2) is 4.99 Å². The van der Waals surface area contributed by atoms with E-state index in [0.717, 1.165) is 0 Å². The van der Waals surface area contributed by atoms with Gasteiger partial charge < -0.3 is 0 Å². The van der Waals surface area contributed by atoms with Crippen molar-refractivity contribution in [2.75, 3.05) is 0 Å². The maximum absolute atomic E-state index is 10.4. The molecule has 0 aliphatic carbocycles. The molecule has 0 spiro atoms. The summed E-state index contributed by atoms with van der Waals surface area (Å²) in [5.74, 6) is -0.317. The Morgan fingerprint density at radius 2 is 2.38 bits per heavy atom. The lowest BCUT2D eigenvalue weighted by molar-refractivity contribution is -0.111. The largest absolute Gasteiger partial charge is 0.287 e. The molecule has 0 aromatic carbocycles. The van der Waals surface area contributed by atoms with Gasteiger partial charge in [0, 0.05) is 6.21 Å². The van der Waals surface area contributed by atoms with E-state index in [1.54, 1.807) is 12.2 Å². The first kappa shape index (κ1) is 5.31. The van der Waals surface area contributed by atoms with Crippen LogP contribution in [0.2, 0.25) is 0 Å². The molecule has 1 heterocycles. The number of carbonyl (C=O) groups excluding carboxylic acids is 1. The lowest BCUT2D eigenvalue weighted by Crippen LogP contribution is -2.07. The first-order valence-electron chi connectivity index (χ1n) is 2.10. The summed E-state index contributed by atoms with van der Waals surface area (Å²) < 4.78 is 0. The van der Waals surface area contributed by atoms with Crippen molar-refractivity contribution >= 4 is 29.2 Å². The summed E-state index contributed by atoms with van der Waals surface area (Å²) in [6.07, 6.45) is 4.63. The van der Waals surface area contributed by atoms with E-state index in [0.29, 0.717) is 0 Å². The number of hydrogen-bond acceptors (Lipinski definition) is 2. The SMILES string of the molecule is O=C1N=CC=CC1=S. The maximum Gasteiger partial charge on any atom is 0.287 e. The van der Waals surface area contributed by atoms with Gasteiger partial charge in [-0.3, -0.25) is 4.79 Å². The van der Waals surface area contributed by atoms with Gasteiger partial charge in [-0.1, -0.05) is 12.2 Å². The lowest BCUT2D eigenvalue weighted by atomic mass is 10.3. The highest BCUT2D eigenvalue weighted by molar-refractivity contribution is 7.82. The molecular weight excluding hydrogens is 122 g/mol. The van der Waals surface area contributed by atoms with Gasteiger partial charge >= 0.3 is 0 Å². The molecule has 8 heavy (non-hydrogen) atoms. The number of rotatable bonds is 0. The quantitative estimate of drug-likeness (QED) is 0.442. The summed E-state index contributed by atoms with van der Waals surface area (Å²) in [6.45, 7) is 0. The van der Waals surface area contributed by atoms with Crippen LogP contribution >= 0.6 is 12.2 Å². The number of allylic oxidation sites excluding steroid dienone is 1. The van der Waals surface area contributed by atoms with Crippen LogP contribution in [0.25, 0.3) is 0 Å². The summed E-state index contributed by atoms with van der Waals surface area (Å²) in [5, 5.41) is 0. The van der Waals surface area contributed by atoms with Gasteiger partial charge in [0.2, 0.25) is 0 Å². The van der Waals surface area contributed by atoms with Crippen molar-refractivity contribution in [2.45, 2.75) is 0 Å². The molecule has 0 aromatic rings. The average Bonchev–Trinajstić information content (AvgIpc) is 1.77. The number of nitrogens with zero attached hydrogens (tertiary/aromatic N) is 1. The minimum absolute atomic E-state index is 0.285. The predicted octanol–water partition coefficient (Wildman–Crippen LogP) is 0.524. The zero-order valence-corrected chi connectivity index (χ0v) is 4.81. The van der Waals surface area contributed by atoms with Gasteiger partial charge in [-0.2, -0.15) is 0 Å².